The van der Waals surface area contributed by atoms with Gasteiger partial charge >= 0.3 is 5.97 Å². The number of carbonyl (C=O) groups is 1. The van der Waals surface area contributed by atoms with Gasteiger partial charge in [-0.1, -0.05) is 5.16 Å². The van der Waals surface area contributed by atoms with Gasteiger partial charge in [-0.25, -0.2) is 4.79 Å². The maximum Gasteiger partial charge on any atom is 0.335 e. The zero-order valence-corrected chi connectivity index (χ0v) is 8.96. The van der Waals surface area contributed by atoms with Crippen molar-refractivity contribution in [2.75, 3.05) is 20.3 Å². The topological polar surface area (TPSA) is 97.6 Å². The average Bonchev–Trinajstić information content (AvgIpc) is 2.79. The molecular weight excluding hydrogens is 218 g/mol. The molecular formula is C9H15NO6. The molecule has 1 rings (SSSR count). The van der Waals surface area contributed by atoms with E-state index >= 15 is 0 Å². The van der Waals surface area contributed by atoms with Crippen molar-refractivity contribution >= 4 is 11.7 Å². The third-order valence-corrected chi connectivity index (χ3v) is 2.14. The van der Waals surface area contributed by atoms with Gasteiger partial charge in [0.1, 0.15) is 0 Å². The van der Waals surface area contributed by atoms with Gasteiger partial charge in [0.05, 0.1) is 26.0 Å². The van der Waals surface area contributed by atoms with Gasteiger partial charge in [-0.05, 0) is 0 Å². The van der Waals surface area contributed by atoms with E-state index in [1.54, 1.807) is 0 Å². The predicted molar refractivity (Wildman–Crippen MR) is 52.2 cm³/mol. The second-order valence-electron chi connectivity index (χ2n) is 3.28. The van der Waals surface area contributed by atoms with Crippen LogP contribution in [0, 0.1) is 0 Å². The van der Waals surface area contributed by atoms with Crippen LogP contribution in [-0.2, 0) is 19.0 Å². The van der Waals surface area contributed by atoms with Crippen LogP contribution in [0.25, 0.3) is 0 Å². The normalized spacial score (nSPS) is 19.8. The lowest BCUT2D eigenvalue weighted by molar-refractivity contribution is -0.150. The first-order valence-electron chi connectivity index (χ1n) is 4.86. The van der Waals surface area contributed by atoms with Crippen LogP contribution in [-0.4, -0.2) is 54.7 Å². The fourth-order valence-corrected chi connectivity index (χ4v) is 1.33. The molecule has 7 nitrogen and oxygen atoms in total. The van der Waals surface area contributed by atoms with Crippen molar-refractivity contribution in [3.8, 4) is 0 Å². The van der Waals surface area contributed by atoms with E-state index in [2.05, 4.69) is 9.89 Å². The highest BCUT2D eigenvalue weighted by Crippen LogP contribution is 2.11. The highest BCUT2D eigenvalue weighted by atomic mass is 16.7. The Hall–Kier alpha value is -1.18. The number of methoxy groups -OCH3 is 1. The molecule has 92 valence electrons. The number of hydrogen-bond acceptors (Lipinski definition) is 7. The number of esters is 1. The third kappa shape index (κ3) is 3.76. The molecule has 1 fully saturated rings. The average molecular weight is 233 g/mol. The van der Waals surface area contributed by atoms with Gasteiger partial charge in [0, 0.05) is 12.8 Å². The van der Waals surface area contributed by atoms with Crippen LogP contribution in [0.3, 0.4) is 0 Å². The molecule has 0 spiro atoms. The summed E-state index contributed by atoms with van der Waals surface area (Å²) in [4.78, 5) is 10.9. The standard InChI is InChI=1S/C9H15NO6/c1-14-9(12)7(11)4-6(10-13)5-8-15-2-3-16-8/h7-8,11,13H,2-5H2,1H3. The van der Waals surface area contributed by atoms with E-state index in [4.69, 9.17) is 14.7 Å². The minimum atomic E-state index is -1.34. The molecule has 0 aliphatic carbocycles. The Morgan fingerprint density at radius 1 is 1.56 bits per heavy atom. The van der Waals surface area contributed by atoms with Crippen molar-refractivity contribution < 1.29 is 29.3 Å². The van der Waals surface area contributed by atoms with E-state index in [1.807, 2.05) is 0 Å². The van der Waals surface area contributed by atoms with Gasteiger partial charge < -0.3 is 24.5 Å². The summed E-state index contributed by atoms with van der Waals surface area (Å²) in [6.07, 6.45) is -1.70. The number of aliphatic hydroxyl groups excluding tert-OH is 1. The minimum absolute atomic E-state index is 0.105. The molecule has 1 aliphatic rings. The van der Waals surface area contributed by atoms with Crippen LogP contribution in [0.2, 0.25) is 0 Å². The Morgan fingerprint density at radius 2 is 2.19 bits per heavy atom. The molecule has 1 unspecified atom stereocenters. The number of rotatable bonds is 5. The second-order valence-corrected chi connectivity index (χ2v) is 3.28. The first-order chi connectivity index (χ1) is 7.67. The molecule has 16 heavy (non-hydrogen) atoms. The van der Waals surface area contributed by atoms with Crippen LogP contribution in [0.15, 0.2) is 5.16 Å². The van der Waals surface area contributed by atoms with E-state index in [0.717, 1.165) is 0 Å². The van der Waals surface area contributed by atoms with Crippen molar-refractivity contribution in [2.24, 2.45) is 5.16 Å². The summed E-state index contributed by atoms with van der Waals surface area (Å²) in [6, 6.07) is 0. The molecule has 0 aromatic carbocycles. The first-order valence-corrected chi connectivity index (χ1v) is 4.86. The van der Waals surface area contributed by atoms with Gasteiger partial charge in [0.2, 0.25) is 0 Å². The summed E-state index contributed by atoms with van der Waals surface area (Å²) in [5.74, 6) is -0.769. The monoisotopic (exact) mass is 233 g/mol. The van der Waals surface area contributed by atoms with Crippen molar-refractivity contribution in [3.05, 3.63) is 0 Å². The highest BCUT2D eigenvalue weighted by Gasteiger charge is 2.23. The zero-order chi connectivity index (χ0) is 12.0. The fraction of sp³-hybridized carbons (Fsp3) is 0.778. The molecule has 0 saturated carbocycles. The van der Waals surface area contributed by atoms with Gasteiger partial charge in [-0.3, -0.25) is 0 Å². The van der Waals surface area contributed by atoms with Crippen LogP contribution >= 0.6 is 0 Å². The lowest BCUT2D eigenvalue weighted by atomic mass is 10.1. The molecule has 7 heteroatoms. The predicted octanol–water partition coefficient (Wildman–Crippen LogP) is -0.496. The Balaban J connectivity index is 2.39. The Morgan fingerprint density at radius 3 is 2.69 bits per heavy atom. The summed E-state index contributed by atoms with van der Waals surface area (Å²) in [5, 5.41) is 21.0. The largest absolute Gasteiger partial charge is 0.467 e. The lowest BCUT2D eigenvalue weighted by Crippen LogP contribution is -2.27. The molecule has 0 bridgehead atoms. The fourth-order valence-electron chi connectivity index (χ4n) is 1.33. The van der Waals surface area contributed by atoms with E-state index in [0.29, 0.717) is 13.2 Å². The minimum Gasteiger partial charge on any atom is -0.467 e. The van der Waals surface area contributed by atoms with Crippen LogP contribution in [0.1, 0.15) is 12.8 Å². The van der Waals surface area contributed by atoms with E-state index in [-0.39, 0.29) is 18.6 Å². The molecule has 1 heterocycles. The second kappa shape index (κ2) is 6.41. The van der Waals surface area contributed by atoms with Crippen molar-refractivity contribution in [1.29, 1.82) is 0 Å². The van der Waals surface area contributed by atoms with Crippen LogP contribution in [0.4, 0.5) is 0 Å². The van der Waals surface area contributed by atoms with Crippen molar-refractivity contribution in [1.82, 2.24) is 0 Å². The molecule has 1 saturated heterocycles. The lowest BCUT2D eigenvalue weighted by Gasteiger charge is -2.12. The number of carbonyl (C=O) groups excluding carboxylic acids is 1. The van der Waals surface area contributed by atoms with Crippen LogP contribution in [0.5, 0.6) is 0 Å². The smallest absolute Gasteiger partial charge is 0.335 e. The molecule has 1 aliphatic heterocycles. The third-order valence-electron chi connectivity index (χ3n) is 2.14. The van der Waals surface area contributed by atoms with E-state index in [9.17, 15) is 9.90 Å². The Bertz CT molecular complexity index is 261. The van der Waals surface area contributed by atoms with Crippen LogP contribution < -0.4 is 0 Å². The van der Waals surface area contributed by atoms with Crippen molar-refractivity contribution in [2.45, 2.75) is 25.2 Å². The van der Waals surface area contributed by atoms with E-state index in [1.165, 1.54) is 7.11 Å². The first kappa shape index (κ1) is 12.9. The van der Waals surface area contributed by atoms with Gasteiger partial charge in [-0.2, -0.15) is 0 Å². The summed E-state index contributed by atoms with van der Waals surface area (Å²) in [5.41, 5.74) is 0.227. The number of oxime groups is 1. The summed E-state index contributed by atoms with van der Waals surface area (Å²) < 4.78 is 14.6. The molecule has 0 aromatic rings. The van der Waals surface area contributed by atoms with E-state index < -0.39 is 18.4 Å². The summed E-state index contributed by atoms with van der Waals surface area (Å²) in [7, 11) is 1.17. The summed E-state index contributed by atoms with van der Waals surface area (Å²) in [6.45, 7) is 0.978. The SMILES string of the molecule is COC(=O)C(O)CC(CC1OCCO1)=NO. The van der Waals surface area contributed by atoms with Gasteiger partial charge in [0.25, 0.3) is 0 Å². The summed E-state index contributed by atoms with van der Waals surface area (Å²) >= 11 is 0. The number of ether oxygens (including phenoxy) is 3. The number of hydrogen-bond donors (Lipinski definition) is 2. The van der Waals surface area contributed by atoms with Gasteiger partial charge in [0.15, 0.2) is 12.4 Å². The van der Waals surface area contributed by atoms with Gasteiger partial charge in [-0.15, -0.1) is 0 Å². The molecule has 0 aromatic heterocycles. The quantitative estimate of drug-likeness (QED) is 0.287. The van der Waals surface area contributed by atoms with Crippen molar-refractivity contribution in [3.63, 3.8) is 0 Å². The Kier molecular flexibility index (Phi) is 5.17. The Labute approximate surface area is 92.6 Å². The maximum atomic E-state index is 10.9. The number of nitrogens with zero attached hydrogens (tertiary/aromatic N) is 1. The molecule has 2 N–H and O–H groups in total. The highest BCUT2D eigenvalue weighted by molar-refractivity contribution is 5.89. The molecule has 0 amide bonds. The number of aliphatic hydroxyl groups is 1. The molecule has 0 radical (unpaired) electrons. The zero-order valence-electron chi connectivity index (χ0n) is 8.96. The molecule has 1 atom stereocenters. The maximum absolute atomic E-state index is 10.9.